The van der Waals surface area contributed by atoms with E-state index >= 15 is 0 Å². The molecule has 0 bridgehead atoms. The van der Waals surface area contributed by atoms with Gasteiger partial charge < -0.3 is 0 Å². The van der Waals surface area contributed by atoms with Gasteiger partial charge in [-0.05, 0) is 53.6 Å². The van der Waals surface area contributed by atoms with Crippen molar-refractivity contribution in [1.82, 2.24) is 0 Å². The summed E-state index contributed by atoms with van der Waals surface area (Å²) in [7, 11) is 0. The molecule has 2 heteroatoms. The predicted octanol–water partition coefficient (Wildman–Crippen LogP) is 6.14. The summed E-state index contributed by atoms with van der Waals surface area (Å²) in [4.78, 5) is 0.331. The molecule has 0 spiro atoms. The van der Waals surface area contributed by atoms with Gasteiger partial charge in [-0.25, -0.2) is 0 Å². The molecule has 0 fully saturated rings. The Morgan fingerprint density at radius 3 is 2.40 bits per heavy atom. The van der Waals surface area contributed by atoms with E-state index in [1.807, 2.05) is 18.2 Å². The molecule has 0 saturated carbocycles. The summed E-state index contributed by atoms with van der Waals surface area (Å²) >= 11 is 9.86. The molecule has 0 saturated heterocycles. The van der Waals surface area contributed by atoms with Crippen LogP contribution in [0.15, 0.2) is 42.5 Å². The molecule has 2 rings (SSSR count). The molecular formula is C18H20BrCl. The molecule has 1 unspecified atom stereocenters. The van der Waals surface area contributed by atoms with E-state index in [0.29, 0.717) is 4.83 Å². The van der Waals surface area contributed by atoms with Crippen molar-refractivity contribution in [2.24, 2.45) is 0 Å². The van der Waals surface area contributed by atoms with Gasteiger partial charge in [-0.2, -0.15) is 0 Å². The van der Waals surface area contributed by atoms with Gasteiger partial charge in [-0.15, -0.1) is 0 Å². The Kier molecular flexibility index (Phi) is 5.68. The Bertz CT molecular complexity index is 577. The van der Waals surface area contributed by atoms with E-state index < -0.39 is 0 Å². The van der Waals surface area contributed by atoms with Crippen LogP contribution >= 0.6 is 27.5 Å². The molecule has 0 aliphatic rings. The van der Waals surface area contributed by atoms with Gasteiger partial charge in [0.05, 0.1) is 0 Å². The summed E-state index contributed by atoms with van der Waals surface area (Å²) in [5.74, 6) is 0. The Morgan fingerprint density at radius 1 is 1.00 bits per heavy atom. The second-order valence-electron chi connectivity index (χ2n) is 5.04. The number of hydrogen-bond acceptors (Lipinski definition) is 0. The van der Waals surface area contributed by atoms with Crippen molar-refractivity contribution in [2.45, 2.75) is 37.9 Å². The molecule has 0 aliphatic heterocycles. The number of benzene rings is 2. The van der Waals surface area contributed by atoms with Crippen LogP contribution in [-0.4, -0.2) is 0 Å². The number of hydrogen-bond donors (Lipinski definition) is 0. The third-order valence-corrected chi connectivity index (χ3v) is 4.75. The van der Waals surface area contributed by atoms with Crippen LogP contribution in [0.5, 0.6) is 0 Å². The first kappa shape index (κ1) is 15.6. The van der Waals surface area contributed by atoms with Gasteiger partial charge in [-0.1, -0.05) is 71.7 Å². The largest absolute Gasteiger partial charge is 0.0843 e. The van der Waals surface area contributed by atoms with Crippen molar-refractivity contribution in [2.75, 3.05) is 0 Å². The Balaban J connectivity index is 2.18. The van der Waals surface area contributed by atoms with Crippen molar-refractivity contribution in [3.05, 3.63) is 69.7 Å². The van der Waals surface area contributed by atoms with E-state index in [1.54, 1.807) is 0 Å². The fourth-order valence-corrected chi connectivity index (χ4v) is 3.37. The van der Waals surface area contributed by atoms with E-state index in [9.17, 15) is 0 Å². The molecule has 0 radical (unpaired) electrons. The molecular weight excluding hydrogens is 332 g/mol. The molecule has 0 aliphatic carbocycles. The lowest BCUT2D eigenvalue weighted by Gasteiger charge is -2.14. The van der Waals surface area contributed by atoms with Crippen LogP contribution in [0.3, 0.4) is 0 Å². The highest BCUT2D eigenvalue weighted by atomic mass is 79.9. The summed E-state index contributed by atoms with van der Waals surface area (Å²) < 4.78 is 0. The van der Waals surface area contributed by atoms with Crippen molar-refractivity contribution in [3.8, 4) is 0 Å². The van der Waals surface area contributed by atoms with E-state index in [2.05, 4.69) is 54.0 Å². The molecule has 0 amide bonds. The van der Waals surface area contributed by atoms with Gasteiger partial charge in [-0.3, -0.25) is 0 Å². The van der Waals surface area contributed by atoms with Crippen LogP contribution in [-0.2, 0) is 19.3 Å². The van der Waals surface area contributed by atoms with Crippen LogP contribution in [0.2, 0.25) is 5.02 Å². The Hall–Kier alpha value is -0.790. The number of rotatable bonds is 5. The third kappa shape index (κ3) is 3.86. The van der Waals surface area contributed by atoms with Crippen LogP contribution < -0.4 is 0 Å². The topological polar surface area (TPSA) is 0 Å². The molecule has 2 aromatic rings. The highest BCUT2D eigenvalue weighted by Crippen LogP contribution is 2.29. The summed E-state index contributed by atoms with van der Waals surface area (Å²) in [5, 5.41) is 0.803. The Labute approximate surface area is 135 Å². The first-order valence-corrected chi connectivity index (χ1v) is 8.43. The van der Waals surface area contributed by atoms with Gasteiger partial charge in [0, 0.05) is 9.85 Å². The smallest absolute Gasteiger partial charge is 0.0435 e. The second kappa shape index (κ2) is 7.28. The van der Waals surface area contributed by atoms with Crippen LogP contribution in [0.1, 0.15) is 40.9 Å². The van der Waals surface area contributed by atoms with Gasteiger partial charge >= 0.3 is 0 Å². The van der Waals surface area contributed by atoms with Crippen LogP contribution in [0.25, 0.3) is 0 Å². The van der Waals surface area contributed by atoms with Crippen molar-refractivity contribution >= 4 is 27.5 Å². The molecule has 106 valence electrons. The summed E-state index contributed by atoms with van der Waals surface area (Å²) in [5.41, 5.74) is 5.52. The van der Waals surface area contributed by atoms with E-state index in [-0.39, 0.29) is 0 Å². The molecule has 20 heavy (non-hydrogen) atoms. The lowest BCUT2D eigenvalue weighted by molar-refractivity contribution is 0.934. The summed E-state index contributed by atoms with van der Waals surface area (Å²) in [6.45, 7) is 4.43. The zero-order chi connectivity index (χ0) is 14.5. The molecule has 1 atom stereocenters. The molecule has 0 heterocycles. The standard InChI is InChI=1S/C18H20BrCl/c1-3-14-8-9-16(12-15(14)4-2)18(19)11-13-6-5-7-17(20)10-13/h5-10,12,18H,3-4,11H2,1-2H3. The minimum Gasteiger partial charge on any atom is -0.0843 e. The fraction of sp³-hybridized carbons (Fsp3) is 0.333. The molecule has 2 aromatic carbocycles. The summed E-state index contributed by atoms with van der Waals surface area (Å²) in [6, 6.07) is 14.9. The predicted molar refractivity (Wildman–Crippen MR) is 92.0 cm³/mol. The quantitative estimate of drug-likeness (QED) is 0.567. The number of halogens is 2. The van der Waals surface area contributed by atoms with Gasteiger partial charge in [0.2, 0.25) is 0 Å². The fourth-order valence-electron chi connectivity index (χ4n) is 2.50. The minimum atomic E-state index is 0.331. The monoisotopic (exact) mass is 350 g/mol. The minimum absolute atomic E-state index is 0.331. The number of alkyl halides is 1. The van der Waals surface area contributed by atoms with Gasteiger partial charge in [0.25, 0.3) is 0 Å². The number of aryl methyl sites for hydroxylation is 2. The average molecular weight is 352 g/mol. The Morgan fingerprint density at radius 2 is 1.75 bits per heavy atom. The highest BCUT2D eigenvalue weighted by molar-refractivity contribution is 9.09. The normalized spacial score (nSPS) is 12.4. The van der Waals surface area contributed by atoms with Crippen molar-refractivity contribution in [1.29, 1.82) is 0 Å². The maximum atomic E-state index is 6.05. The van der Waals surface area contributed by atoms with Gasteiger partial charge in [0.15, 0.2) is 0 Å². The molecule has 0 N–H and O–H groups in total. The second-order valence-corrected chi connectivity index (χ2v) is 6.58. The SMILES string of the molecule is CCc1ccc(C(Br)Cc2cccc(Cl)c2)cc1CC. The summed E-state index contributed by atoms with van der Waals surface area (Å²) in [6.07, 6.45) is 3.15. The molecule has 0 nitrogen and oxygen atoms in total. The average Bonchev–Trinajstić information content (AvgIpc) is 2.46. The maximum Gasteiger partial charge on any atom is 0.0435 e. The van der Waals surface area contributed by atoms with Gasteiger partial charge in [0.1, 0.15) is 0 Å². The first-order chi connectivity index (χ1) is 9.63. The third-order valence-electron chi connectivity index (χ3n) is 3.66. The maximum absolute atomic E-state index is 6.05. The van der Waals surface area contributed by atoms with Crippen molar-refractivity contribution in [3.63, 3.8) is 0 Å². The highest BCUT2D eigenvalue weighted by Gasteiger charge is 2.11. The lowest BCUT2D eigenvalue weighted by atomic mass is 9.97. The zero-order valence-corrected chi connectivity index (χ0v) is 14.3. The van der Waals surface area contributed by atoms with E-state index in [4.69, 9.17) is 11.6 Å². The first-order valence-electron chi connectivity index (χ1n) is 7.14. The lowest BCUT2D eigenvalue weighted by Crippen LogP contribution is -1.99. The molecule has 0 aromatic heterocycles. The van der Waals surface area contributed by atoms with Crippen LogP contribution in [0.4, 0.5) is 0 Å². The van der Waals surface area contributed by atoms with E-state index in [0.717, 1.165) is 24.3 Å². The van der Waals surface area contributed by atoms with E-state index in [1.165, 1.54) is 22.3 Å². The van der Waals surface area contributed by atoms with Crippen LogP contribution in [0, 0.1) is 0 Å². The van der Waals surface area contributed by atoms with Crippen molar-refractivity contribution < 1.29 is 0 Å². The zero-order valence-electron chi connectivity index (χ0n) is 12.0.